The number of benzene rings is 1. The number of fused-ring (bicyclic) bond motifs is 1. The topological polar surface area (TPSA) is 55.1 Å². The molecule has 3 aromatic heterocycles. The van der Waals surface area contributed by atoms with Crippen molar-refractivity contribution in [2.75, 3.05) is 5.32 Å². The van der Waals surface area contributed by atoms with Crippen LogP contribution < -0.4 is 5.32 Å². The monoisotopic (exact) mass is 337 g/mol. The summed E-state index contributed by atoms with van der Waals surface area (Å²) >= 11 is 0. The molecule has 5 nitrogen and oxygen atoms in total. The third-order valence-electron chi connectivity index (χ3n) is 3.64. The molecule has 120 valence electrons. The Balaban J connectivity index is 0.00000169. The van der Waals surface area contributed by atoms with Crippen LogP contribution in [0.4, 0.5) is 11.5 Å². The van der Waals surface area contributed by atoms with Crippen molar-refractivity contribution in [3.05, 3.63) is 72.8 Å². The number of rotatable bonds is 3. The van der Waals surface area contributed by atoms with E-state index in [9.17, 15) is 0 Å². The van der Waals surface area contributed by atoms with Crippen LogP contribution in [0.15, 0.2) is 67.1 Å². The summed E-state index contributed by atoms with van der Waals surface area (Å²) in [7, 11) is 0. The van der Waals surface area contributed by atoms with E-state index in [-0.39, 0.29) is 12.4 Å². The zero-order chi connectivity index (χ0) is 15.6. The maximum Gasteiger partial charge on any atom is 0.165 e. The normalized spacial score (nSPS) is 10.4. The number of hydrogen-bond donors (Lipinski definition) is 1. The zero-order valence-corrected chi connectivity index (χ0v) is 13.9. The summed E-state index contributed by atoms with van der Waals surface area (Å²) in [5, 5.41) is 7.88. The standard InChI is InChI=1S/C18H15N5.ClH/c1-13-11-17(22-15-7-9-19-10-8-15)23-18(21-13)16(12-20-23)14-5-3-2-4-6-14;/h2-12H,1H3,(H,19,22);1H. The number of anilines is 2. The summed E-state index contributed by atoms with van der Waals surface area (Å²) in [6, 6.07) is 16.0. The van der Waals surface area contributed by atoms with E-state index in [4.69, 9.17) is 0 Å². The summed E-state index contributed by atoms with van der Waals surface area (Å²) in [6.07, 6.45) is 5.37. The number of hydrogen-bond acceptors (Lipinski definition) is 4. The molecule has 0 saturated carbocycles. The van der Waals surface area contributed by atoms with Crippen molar-refractivity contribution in [2.45, 2.75) is 6.92 Å². The fourth-order valence-electron chi connectivity index (χ4n) is 2.58. The van der Waals surface area contributed by atoms with Gasteiger partial charge in [-0.25, -0.2) is 4.98 Å². The second kappa shape index (κ2) is 6.68. The van der Waals surface area contributed by atoms with E-state index in [1.807, 2.05) is 54.0 Å². The number of aromatic nitrogens is 4. The van der Waals surface area contributed by atoms with Crippen LogP contribution in [-0.4, -0.2) is 19.6 Å². The largest absolute Gasteiger partial charge is 0.340 e. The minimum atomic E-state index is 0. The Labute approximate surface area is 145 Å². The number of pyridine rings is 1. The Morgan fingerprint density at radius 3 is 2.50 bits per heavy atom. The number of halogens is 1. The quantitative estimate of drug-likeness (QED) is 0.606. The SMILES string of the molecule is Cc1cc(Nc2ccncc2)n2ncc(-c3ccccc3)c2n1.Cl. The van der Waals surface area contributed by atoms with E-state index >= 15 is 0 Å². The predicted molar refractivity (Wildman–Crippen MR) is 97.9 cm³/mol. The van der Waals surface area contributed by atoms with Crippen LogP contribution in [0.5, 0.6) is 0 Å². The molecule has 6 heteroatoms. The van der Waals surface area contributed by atoms with Crippen molar-refractivity contribution in [1.82, 2.24) is 19.6 Å². The Kier molecular flexibility index (Phi) is 4.44. The van der Waals surface area contributed by atoms with Crippen LogP contribution in [0.2, 0.25) is 0 Å². The molecule has 0 fully saturated rings. The lowest BCUT2D eigenvalue weighted by atomic mass is 10.1. The molecule has 0 amide bonds. The van der Waals surface area contributed by atoms with E-state index in [1.165, 1.54) is 0 Å². The summed E-state index contributed by atoms with van der Waals surface area (Å²) < 4.78 is 1.83. The van der Waals surface area contributed by atoms with Gasteiger partial charge >= 0.3 is 0 Å². The van der Waals surface area contributed by atoms with E-state index in [2.05, 4.69) is 32.5 Å². The molecule has 3 heterocycles. The van der Waals surface area contributed by atoms with Gasteiger partial charge in [0.1, 0.15) is 5.82 Å². The zero-order valence-electron chi connectivity index (χ0n) is 13.0. The predicted octanol–water partition coefficient (Wildman–Crippen LogP) is 4.27. The van der Waals surface area contributed by atoms with Crippen LogP contribution in [0.1, 0.15) is 5.69 Å². The van der Waals surface area contributed by atoms with Gasteiger partial charge in [-0.2, -0.15) is 9.61 Å². The summed E-state index contributed by atoms with van der Waals surface area (Å²) in [4.78, 5) is 8.70. The third kappa shape index (κ3) is 2.94. The van der Waals surface area contributed by atoms with Crippen LogP contribution in [0, 0.1) is 6.92 Å². The molecule has 0 radical (unpaired) electrons. The van der Waals surface area contributed by atoms with Gasteiger partial charge in [-0.15, -0.1) is 12.4 Å². The third-order valence-corrected chi connectivity index (χ3v) is 3.64. The Morgan fingerprint density at radius 2 is 1.75 bits per heavy atom. The van der Waals surface area contributed by atoms with E-state index in [1.54, 1.807) is 12.4 Å². The minimum Gasteiger partial charge on any atom is -0.340 e. The first kappa shape index (κ1) is 16.0. The smallest absolute Gasteiger partial charge is 0.165 e. The van der Waals surface area contributed by atoms with Gasteiger partial charge in [0.25, 0.3) is 0 Å². The second-order valence-corrected chi connectivity index (χ2v) is 5.30. The molecule has 0 aliphatic carbocycles. The van der Waals surface area contributed by atoms with Gasteiger partial charge < -0.3 is 5.32 Å². The van der Waals surface area contributed by atoms with E-state index in [0.717, 1.165) is 34.0 Å². The molecule has 24 heavy (non-hydrogen) atoms. The molecule has 0 atom stereocenters. The van der Waals surface area contributed by atoms with Crippen molar-refractivity contribution < 1.29 is 0 Å². The molecule has 4 aromatic rings. The molecule has 0 spiro atoms. The molecule has 0 aliphatic rings. The molecule has 0 unspecified atom stereocenters. The van der Waals surface area contributed by atoms with Gasteiger partial charge in [0.15, 0.2) is 5.65 Å². The highest BCUT2D eigenvalue weighted by Crippen LogP contribution is 2.26. The molecule has 0 bridgehead atoms. The summed E-state index contributed by atoms with van der Waals surface area (Å²) in [5.41, 5.74) is 4.87. The highest BCUT2D eigenvalue weighted by Gasteiger charge is 2.11. The maximum atomic E-state index is 4.66. The Morgan fingerprint density at radius 1 is 1.00 bits per heavy atom. The number of nitrogens with one attached hydrogen (secondary N) is 1. The molecular weight excluding hydrogens is 322 g/mol. The molecule has 4 rings (SSSR count). The molecule has 0 saturated heterocycles. The number of nitrogens with zero attached hydrogens (tertiary/aromatic N) is 4. The van der Waals surface area contributed by atoms with Gasteiger partial charge in [-0.3, -0.25) is 4.98 Å². The average molecular weight is 338 g/mol. The lowest BCUT2D eigenvalue weighted by molar-refractivity contribution is 0.937. The Hall–Kier alpha value is -2.92. The maximum absolute atomic E-state index is 4.66. The number of aryl methyl sites for hydroxylation is 1. The van der Waals surface area contributed by atoms with Gasteiger partial charge in [0.05, 0.1) is 6.20 Å². The van der Waals surface area contributed by atoms with Crippen molar-refractivity contribution >= 4 is 29.6 Å². The van der Waals surface area contributed by atoms with Crippen LogP contribution in [-0.2, 0) is 0 Å². The highest BCUT2D eigenvalue weighted by atomic mass is 35.5. The first-order valence-electron chi connectivity index (χ1n) is 7.39. The fourth-order valence-corrected chi connectivity index (χ4v) is 2.58. The summed E-state index contributed by atoms with van der Waals surface area (Å²) in [6.45, 7) is 1.99. The van der Waals surface area contributed by atoms with E-state index < -0.39 is 0 Å². The molecule has 1 aromatic carbocycles. The lowest BCUT2D eigenvalue weighted by Gasteiger charge is -2.09. The minimum absolute atomic E-state index is 0. The van der Waals surface area contributed by atoms with Gasteiger partial charge in [-0.1, -0.05) is 30.3 Å². The average Bonchev–Trinajstić information content (AvgIpc) is 3.00. The lowest BCUT2D eigenvalue weighted by Crippen LogP contribution is -2.02. The molecule has 0 aliphatic heterocycles. The second-order valence-electron chi connectivity index (χ2n) is 5.30. The van der Waals surface area contributed by atoms with Gasteiger partial charge in [0.2, 0.25) is 0 Å². The van der Waals surface area contributed by atoms with Crippen molar-refractivity contribution in [1.29, 1.82) is 0 Å². The first-order valence-corrected chi connectivity index (χ1v) is 7.39. The van der Waals surface area contributed by atoms with Crippen molar-refractivity contribution in [2.24, 2.45) is 0 Å². The van der Waals surface area contributed by atoms with Crippen LogP contribution in [0.3, 0.4) is 0 Å². The fraction of sp³-hybridized carbons (Fsp3) is 0.0556. The molecule has 1 N–H and O–H groups in total. The first-order chi connectivity index (χ1) is 11.3. The van der Waals surface area contributed by atoms with Crippen LogP contribution >= 0.6 is 12.4 Å². The van der Waals surface area contributed by atoms with E-state index in [0.29, 0.717) is 0 Å². The van der Waals surface area contributed by atoms with Crippen molar-refractivity contribution in [3.8, 4) is 11.1 Å². The van der Waals surface area contributed by atoms with Gasteiger partial charge in [-0.05, 0) is 24.6 Å². The highest BCUT2D eigenvalue weighted by molar-refractivity contribution is 5.85. The molecular formula is C18H16ClN5. The van der Waals surface area contributed by atoms with Crippen LogP contribution in [0.25, 0.3) is 16.8 Å². The van der Waals surface area contributed by atoms with Gasteiger partial charge in [0, 0.05) is 35.4 Å². The summed E-state index contributed by atoms with van der Waals surface area (Å²) in [5.74, 6) is 0.876. The Bertz CT molecular complexity index is 951. The van der Waals surface area contributed by atoms with Crippen molar-refractivity contribution in [3.63, 3.8) is 0 Å².